The summed E-state index contributed by atoms with van der Waals surface area (Å²) in [6.07, 6.45) is 1.73. The number of ketones is 2. The molecule has 4 unspecified atom stereocenters. The predicted octanol–water partition coefficient (Wildman–Crippen LogP) is 7.54. The van der Waals surface area contributed by atoms with Crippen molar-refractivity contribution in [2.75, 3.05) is 10.6 Å². The van der Waals surface area contributed by atoms with Gasteiger partial charge in [-0.2, -0.15) is 0 Å². The van der Waals surface area contributed by atoms with Gasteiger partial charge in [-0.15, -0.1) is 0 Å². The number of alkyl halides is 8. The van der Waals surface area contributed by atoms with Crippen molar-refractivity contribution in [3.8, 4) is 0 Å². The van der Waals surface area contributed by atoms with Crippen molar-refractivity contribution in [1.29, 1.82) is 0 Å². The first-order chi connectivity index (χ1) is 20.4. The predicted molar refractivity (Wildman–Crippen MR) is 150 cm³/mol. The summed E-state index contributed by atoms with van der Waals surface area (Å²) in [4.78, 5) is 53.2. The van der Waals surface area contributed by atoms with Crippen molar-refractivity contribution in [2.24, 2.45) is 0 Å². The molecule has 5 rings (SSSR count). The Labute approximate surface area is 263 Å². The van der Waals surface area contributed by atoms with Crippen molar-refractivity contribution in [3.63, 3.8) is 0 Å². The topological polar surface area (TPSA) is 92.3 Å². The van der Waals surface area contributed by atoms with Gasteiger partial charge in [-0.05, 0) is 36.4 Å². The maximum Gasteiger partial charge on any atom is 0.286 e. The Hall–Kier alpha value is -3.58. The molecule has 0 saturated carbocycles. The molecule has 0 fully saturated rings. The fourth-order valence-corrected chi connectivity index (χ4v) is 5.42. The van der Waals surface area contributed by atoms with Crippen LogP contribution in [0.1, 0.15) is 31.8 Å². The minimum absolute atomic E-state index is 0.157. The quantitative estimate of drug-likeness (QED) is 0.218. The highest BCUT2D eigenvalue weighted by Crippen LogP contribution is 2.52. The van der Waals surface area contributed by atoms with Crippen molar-refractivity contribution in [1.82, 2.24) is 0 Å². The van der Waals surface area contributed by atoms with Crippen LogP contribution in [0.2, 0.25) is 0 Å². The molecule has 2 N–H and O–H groups in total. The number of allylic oxidation sites excluding steroid dienone is 6. The van der Waals surface area contributed by atoms with E-state index in [1.807, 2.05) is 0 Å². The number of nitrogens with one attached hydrogen (secondary N) is 2. The van der Waals surface area contributed by atoms with Crippen molar-refractivity contribution in [3.05, 3.63) is 106 Å². The van der Waals surface area contributed by atoms with Crippen LogP contribution in [0.4, 0.5) is 37.7 Å². The van der Waals surface area contributed by atoms with Gasteiger partial charge < -0.3 is 10.6 Å². The minimum atomic E-state index is -3.98. The lowest BCUT2D eigenvalue weighted by Crippen LogP contribution is -2.46. The number of halogens is 10. The van der Waals surface area contributed by atoms with Crippen LogP contribution in [0.15, 0.2) is 83.5 Å². The van der Waals surface area contributed by atoms with Crippen LogP contribution in [0.5, 0.6) is 0 Å². The zero-order valence-corrected chi connectivity index (χ0v) is 24.2. The Morgan fingerprint density at radius 2 is 0.909 bits per heavy atom. The summed E-state index contributed by atoms with van der Waals surface area (Å²) in [5.41, 5.74) is -4.85. The highest BCUT2D eigenvalue weighted by atomic mass is 35.5. The molecule has 16 heteroatoms. The monoisotopic (exact) mass is 694 g/mol. The highest BCUT2D eigenvalue weighted by Gasteiger charge is 2.62. The van der Waals surface area contributed by atoms with Crippen molar-refractivity contribution in [2.45, 2.75) is 20.5 Å². The maximum atomic E-state index is 15.1. The first-order valence-electron chi connectivity index (χ1n) is 12.0. The molecular weight excluding hydrogens is 684 g/mol. The molecule has 2 aromatic carbocycles. The smallest absolute Gasteiger partial charge is 0.286 e. The van der Waals surface area contributed by atoms with Gasteiger partial charge >= 0.3 is 0 Å². The van der Waals surface area contributed by atoms with E-state index < -0.39 is 89.2 Å². The van der Waals surface area contributed by atoms with E-state index >= 15 is 8.78 Å². The minimum Gasteiger partial charge on any atom is -0.321 e. The summed E-state index contributed by atoms with van der Waals surface area (Å²) in [5, 5.41) is -11.6. The van der Waals surface area contributed by atoms with Crippen molar-refractivity contribution < 1.29 is 45.5 Å². The average molecular weight is 696 g/mol. The van der Waals surface area contributed by atoms with Gasteiger partial charge in [-0.1, -0.05) is 70.7 Å². The number of hydrogen-bond donors (Lipinski definition) is 2. The van der Waals surface area contributed by atoms with E-state index in [2.05, 4.69) is 10.6 Å². The molecule has 4 atom stereocenters. The molecular formula is C28H12Cl4F6N2O4. The summed E-state index contributed by atoms with van der Waals surface area (Å²) in [6.45, 7) is 0. The van der Waals surface area contributed by atoms with Gasteiger partial charge in [0.2, 0.25) is 0 Å². The third-order valence-electron chi connectivity index (χ3n) is 6.92. The third kappa shape index (κ3) is 4.58. The summed E-state index contributed by atoms with van der Waals surface area (Å²) in [6, 6.07) is 7.26. The van der Waals surface area contributed by atoms with Crippen LogP contribution in [-0.4, -0.2) is 43.9 Å². The Morgan fingerprint density at radius 1 is 0.568 bits per heavy atom. The standard InChI is InChI=1S/C28H12Cl4F6N2O4/c29-25(35)13(5-9-17(33)27(25,31)37)23(43)39-15-7-8-16(20-19(15)21(41)11-3-1-2-4-12(11)22(20)42)40-24(44)14-6-10-18(34)28(32,38)26(14,30)36/h1-10H,(H,39,43)(H,40,44). The van der Waals surface area contributed by atoms with Crippen LogP contribution in [0, 0.1) is 0 Å². The highest BCUT2D eigenvalue weighted by molar-refractivity contribution is 6.40. The van der Waals surface area contributed by atoms with E-state index in [0.717, 1.165) is 12.1 Å². The number of amides is 2. The Kier molecular flexibility index (Phi) is 7.60. The molecule has 44 heavy (non-hydrogen) atoms. The first-order valence-corrected chi connectivity index (χ1v) is 13.5. The number of hydrogen-bond acceptors (Lipinski definition) is 4. The Bertz CT molecular complexity index is 1700. The molecule has 3 aliphatic rings. The molecule has 0 aliphatic heterocycles. The fourth-order valence-electron chi connectivity index (χ4n) is 4.62. The second-order valence-corrected chi connectivity index (χ2v) is 11.6. The van der Waals surface area contributed by atoms with Gasteiger partial charge in [0.25, 0.3) is 32.3 Å². The van der Waals surface area contributed by atoms with Crippen molar-refractivity contribution >= 4 is 81.2 Å². The van der Waals surface area contributed by atoms with Crippen LogP contribution in [0.3, 0.4) is 0 Å². The number of fused-ring (bicyclic) bond motifs is 2. The SMILES string of the molecule is O=C(Nc1ccc(NC(=O)C2=CC=C(F)C(F)(Cl)C2(F)Cl)c2c1C(=O)c1ccccc1C2=O)C1=CC=C(F)C(F)(Cl)C1(F)Cl. The maximum absolute atomic E-state index is 15.1. The molecule has 0 saturated heterocycles. The second-order valence-electron chi connectivity index (χ2n) is 9.51. The largest absolute Gasteiger partial charge is 0.321 e. The van der Waals surface area contributed by atoms with Gasteiger partial charge in [-0.3, -0.25) is 19.2 Å². The molecule has 3 aliphatic carbocycles. The molecule has 0 spiro atoms. The third-order valence-corrected chi connectivity index (χ3v) is 8.92. The lowest BCUT2D eigenvalue weighted by Gasteiger charge is -2.32. The zero-order valence-electron chi connectivity index (χ0n) is 21.2. The number of carbonyl (C=O) groups excluding carboxylic acids is 4. The number of anilines is 2. The molecule has 0 heterocycles. The number of rotatable bonds is 4. The van der Waals surface area contributed by atoms with E-state index in [1.165, 1.54) is 24.3 Å². The van der Waals surface area contributed by atoms with Crippen LogP contribution < -0.4 is 10.6 Å². The first kappa shape index (κ1) is 31.8. The van der Waals surface area contributed by atoms with E-state index in [1.54, 1.807) is 0 Å². The molecule has 2 aromatic rings. The van der Waals surface area contributed by atoms with Gasteiger partial charge in [0.05, 0.1) is 33.6 Å². The summed E-state index contributed by atoms with van der Waals surface area (Å²) in [7, 11) is 0. The van der Waals surface area contributed by atoms with Gasteiger partial charge in [0.15, 0.2) is 23.2 Å². The van der Waals surface area contributed by atoms with E-state index in [9.17, 15) is 36.7 Å². The lowest BCUT2D eigenvalue weighted by atomic mass is 9.82. The van der Waals surface area contributed by atoms with Gasteiger partial charge in [-0.25, -0.2) is 26.3 Å². The van der Waals surface area contributed by atoms with Crippen LogP contribution in [0.25, 0.3) is 0 Å². The lowest BCUT2D eigenvalue weighted by molar-refractivity contribution is -0.115. The zero-order chi connectivity index (χ0) is 32.6. The molecule has 228 valence electrons. The van der Waals surface area contributed by atoms with Crippen LogP contribution >= 0.6 is 46.4 Å². The van der Waals surface area contributed by atoms with E-state index in [4.69, 9.17) is 46.4 Å². The molecule has 0 radical (unpaired) electrons. The molecule has 6 nitrogen and oxygen atoms in total. The van der Waals surface area contributed by atoms with Gasteiger partial charge in [0.1, 0.15) is 0 Å². The van der Waals surface area contributed by atoms with E-state index in [-0.39, 0.29) is 11.1 Å². The summed E-state index contributed by atoms with van der Waals surface area (Å²) >= 11 is 21.5. The second kappa shape index (κ2) is 10.5. The number of benzene rings is 2. The number of carbonyl (C=O) groups is 4. The van der Waals surface area contributed by atoms with Gasteiger partial charge in [0, 0.05) is 11.1 Å². The Balaban J connectivity index is 1.60. The van der Waals surface area contributed by atoms with Crippen LogP contribution in [-0.2, 0) is 9.59 Å². The van der Waals surface area contributed by atoms with E-state index in [0.29, 0.717) is 24.3 Å². The fraction of sp³-hybridized carbons (Fsp3) is 0.143. The summed E-state index contributed by atoms with van der Waals surface area (Å²) in [5.74, 6) is -8.46. The average Bonchev–Trinajstić information content (AvgIpc) is 2.94. The molecule has 0 bridgehead atoms. The molecule has 2 amide bonds. The normalized spacial score (nSPS) is 29.4. The summed E-state index contributed by atoms with van der Waals surface area (Å²) < 4.78 is 86.9. The molecule has 0 aromatic heterocycles. The Morgan fingerprint density at radius 3 is 1.25 bits per heavy atom.